The summed E-state index contributed by atoms with van der Waals surface area (Å²) in [4.78, 5) is 0. The molecule has 0 spiro atoms. The smallest absolute Gasteiger partial charge is 0.0508 e. The summed E-state index contributed by atoms with van der Waals surface area (Å²) < 4.78 is 5.80. The van der Waals surface area contributed by atoms with E-state index in [1.54, 1.807) is 0 Å². The normalized spacial score (nSPS) is 13.2. The summed E-state index contributed by atoms with van der Waals surface area (Å²) in [6, 6.07) is 0. The molecule has 2 heteroatoms. The van der Waals surface area contributed by atoms with Crippen LogP contribution in [0.15, 0.2) is 0 Å². The van der Waals surface area contributed by atoms with Crippen LogP contribution < -0.4 is 0 Å². The zero-order valence-electron chi connectivity index (χ0n) is 8.81. The van der Waals surface area contributed by atoms with Gasteiger partial charge in [0.1, 0.15) is 0 Å². The van der Waals surface area contributed by atoms with E-state index < -0.39 is 0 Å². The molecule has 0 rings (SSSR count). The average Bonchev–Trinajstić information content (AvgIpc) is 2.11. The number of unbranched alkanes of at least 4 members (excludes halogenated alkanes) is 2. The predicted octanol–water partition coefficient (Wildman–Crippen LogP) is 4.02. The van der Waals surface area contributed by atoms with E-state index >= 15 is 0 Å². The number of hydrogen-bond acceptors (Lipinski definition) is 1. The van der Waals surface area contributed by atoms with Gasteiger partial charge >= 0.3 is 0 Å². The lowest BCUT2D eigenvalue weighted by molar-refractivity contribution is 0.341. The van der Waals surface area contributed by atoms with Gasteiger partial charge in [-0.2, -0.15) is 0 Å². The van der Waals surface area contributed by atoms with E-state index in [1.807, 2.05) is 0 Å². The summed E-state index contributed by atoms with van der Waals surface area (Å²) in [6.45, 7) is 7.69. The Bertz CT molecular complexity index is 85.9. The quantitative estimate of drug-likeness (QED) is 0.415. The molecule has 0 saturated heterocycles. The van der Waals surface area contributed by atoms with Gasteiger partial charge in [0.05, 0.1) is 6.61 Å². The molecule has 0 aromatic heterocycles. The molecule has 0 radical (unpaired) electrons. The molecule has 0 N–H and O–H groups in total. The fraction of sp³-hybridized carbons (Fsp3) is 1.00. The Morgan fingerprint density at radius 1 is 1.00 bits per heavy atom. The van der Waals surface area contributed by atoms with Crippen molar-refractivity contribution in [2.45, 2.75) is 46.5 Å². The van der Waals surface area contributed by atoms with Crippen LogP contribution >= 0.6 is 8.15 Å². The highest BCUT2D eigenvalue weighted by atomic mass is 31.1. The van der Waals surface area contributed by atoms with E-state index in [-0.39, 0.29) is 8.15 Å². The first-order valence-electron chi connectivity index (χ1n) is 5.23. The molecule has 0 fully saturated rings. The molecule has 0 aliphatic carbocycles. The molecule has 1 atom stereocenters. The van der Waals surface area contributed by atoms with Crippen LogP contribution in [0, 0.1) is 0 Å². The minimum Gasteiger partial charge on any atom is -0.359 e. The molecule has 0 bridgehead atoms. The Labute approximate surface area is 78.7 Å². The van der Waals surface area contributed by atoms with Gasteiger partial charge in [-0.15, -0.1) is 0 Å². The second-order valence-corrected chi connectivity index (χ2v) is 5.36. The zero-order valence-corrected chi connectivity index (χ0v) is 9.70. The highest BCUT2D eigenvalue weighted by Crippen LogP contribution is 2.37. The lowest BCUT2D eigenvalue weighted by Gasteiger charge is -2.14. The first-order chi connectivity index (χ1) is 5.85. The zero-order chi connectivity index (χ0) is 9.23. The maximum atomic E-state index is 5.80. The first-order valence-corrected chi connectivity index (χ1v) is 6.86. The standard InChI is InChI=1S/C10H23OP/c1-4-7-9-11-12(6-3)10-8-5-2/h4-10H2,1-3H3. The molecular formula is C10H23OP. The van der Waals surface area contributed by atoms with Crippen molar-refractivity contribution in [1.29, 1.82) is 0 Å². The predicted molar refractivity (Wildman–Crippen MR) is 58.1 cm³/mol. The molecule has 12 heavy (non-hydrogen) atoms. The van der Waals surface area contributed by atoms with Crippen LogP contribution in [0.1, 0.15) is 46.5 Å². The van der Waals surface area contributed by atoms with Crippen LogP contribution in [0.3, 0.4) is 0 Å². The van der Waals surface area contributed by atoms with Crippen molar-refractivity contribution < 1.29 is 4.52 Å². The van der Waals surface area contributed by atoms with Crippen LogP contribution in [0.25, 0.3) is 0 Å². The van der Waals surface area contributed by atoms with E-state index in [1.165, 1.54) is 38.0 Å². The third-order valence-corrected chi connectivity index (χ3v) is 3.95. The largest absolute Gasteiger partial charge is 0.359 e. The van der Waals surface area contributed by atoms with Gasteiger partial charge in [-0.25, -0.2) is 0 Å². The molecule has 0 aromatic rings. The van der Waals surface area contributed by atoms with Crippen molar-refractivity contribution >= 4 is 8.15 Å². The molecule has 0 amide bonds. The van der Waals surface area contributed by atoms with E-state index in [2.05, 4.69) is 20.8 Å². The summed E-state index contributed by atoms with van der Waals surface area (Å²) >= 11 is 0. The van der Waals surface area contributed by atoms with Gasteiger partial charge in [-0.05, 0) is 25.2 Å². The second-order valence-electron chi connectivity index (χ2n) is 3.06. The van der Waals surface area contributed by atoms with Gasteiger partial charge < -0.3 is 4.52 Å². The SMILES string of the molecule is CCCCOP(CC)CCCC. The molecule has 0 heterocycles. The number of rotatable bonds is 8. The van der Waals surface area contributed by atoms with E-state index in [9.17, 15) is 0 Å². The lowest BCUT2D eigenvalue weighted by atomic mass is 10.4. The minimum absolute atomic E-state index is 0.0759. The van der Waals surface area contributed by atoms with Crippen LogP contribution in [0.2, 0.25) is 0 Å². The summed E-state index contributed by atoms with van der Waals surface area (Å²) in [7, 11) is -0.0759. The van der Waals surface area contributed by atoms with E-state index in [0.717, 1.165) is 6.61 Å². The van der Waals surface area contributed by atoms with Crippen LogP contribution in [0.5, 0.6) is 0 Å². The monoisotopic (exact) mass is 190 g/mol. The molecule has 0 aliphatic rings. The minimum atomic E-state index is -0.0759. The lowest BCUT2D eigenvalue weighted by Crippen LogP contribution is -1.94. The Morgan fingerprint density at radius 2 is 1.67 bits per heavy atom. The van der Waals surface area contributed by atoms with Gasteiger partial charge in [-0.3, -0.25) is 0 Å². The summed E-state index contributed by atoms with van der Waals surface area (Å²) in [5, 5.41) is 0. The van der Waals surface area contributed by atoms with Crippen molar-refractivity contribution in [3.05, 3.63) is 0 Å². The highest BCUT2D eigenvalue weighted by Gasteiger charge is 2.04. The first kappa shape index (κ1) is 12.4. The molecule has 1 nitrogen and oxygen atoms in total. The maximum Gasteiger partial charge on any atom is 0.0508 e. The molecule has 0 aromatic carbocycles. The van der Waals surface area contributed by atoms with Crippen molar-refractivity contribution in [2.24, 2.45) is 0 Å². The maximum absolute atomic E-state index is 5.80. The van der Waals surface area contributed by atoms with Crippen LogP contribution in [-0.2, 0) is 4.52 Å². The molecular weight excluding hydrogens is 167 g/mol. The Kier molecular flexibility index (Phi) is 9.79. The summed E-state index contributed by atoms with van der Waals surface area (Å²) in [6.07, 6.45) is 7.67. The van der Waals surface area contributed by atoms with Crippen LogP contribution in [-0.4, -0.2) is 18.9 Å². The Morgan fingerprint density at radius 3 is 2.17 bits per heavy atom. The van der Waals surface area contributed by atoms with Gasteiger partial charge in [0.2, 0.25) is 0 Å². The van der Waals surface area contributed by atoms with Crippen molar-refractivity contribution in [3.63, 3.8) is 0 Å². The number of hydrogen-bond donors (Lipinski definition) is 0. The van der Waals surface area contributed by atoms with Crippen molar-refractivity contribution in [3.8, 4) is 0 Å². The van der Waals surface area contributed by atoms with E-state index in [0.29, 0.717) is 0 Å². The topological polar surface area (TPSA) is 9.23 Å². The third kappa shape index (κ3) is 7.06. The fourth-order valence-electron chi connectivity index (χ4n) is 0.986. The van der Waals surface area contributed by atoms with E-state index in [4.69, 9.17) is 4.52 Å². The fourth-order valence-corrected chi connectivity index (χ4v) is 2.67. The molecule has 0 saturated carbocycles. The van der Waals surface area contributed by atoms with Crippen molar-refractivity contribution in [2.75, 3.05) is 18.9 Å². The van der Waals surface area contributed by atoms with Crippen LogP contribution in [0.4, 0.5) is 0 Å². The molecule has 1 unspecified atom stereocenters. The average molecular weight is 190 g/mol. The van der Waals surface area contributed by atoms with Gasteiger partial charge in [0.15, 0.2) is 0 Å². The Balaban J connectivity index is 3.26. The third-order valence-electron chi connectivity index (χ3n) is 1.89. The van der Waals surface area contributed by atoms with Gasteiger partial charge in [-0.1, -0.05) is 33.6 Å². The highest BCUT2D eigenvalue weighted by molar-refractivity contribution is 7.52. The molecule has 74 valence electrons. The second kappa shape index (κ2) is 9.48. The Hall–Kier alpha value is 0.390. The van der Waals surface area contributed by atoms with Gasteiger partial charge in [0, 0.05) is 8.15 Å². The van der Waals surface area contributed by atoms with Gasteiger partial charge in [0.25, 0.3) is 0 Å². The van der Waals surface area contributed by atoms with Crippen molar-refractivity contribution in [1.82, 2.24) is 0 Å². The molecule has 0 aliphatic heterocycles. The summed E-state index contributed by atoms with van der Waals surface area (Å²) in [5.41, 5.74) is 0. The summed E-state index contributed by atoms with van der Waals surface area (Å²) in [5.74, 6) is 0.